The third kappa shape index (κ3) is 3.39. The molecule has 1 aromatic carbocycles. The van der Waals surface area contributed by atoms with Gasteiger partial charge in [-0.05, 0) is 86.4 Å². The maximum Gasteiger partial charge on any atom is 0.119 e. The molecule has 0 unspecified atom stereocenters. The van der Waals surface area contributed by atoms with Gasteiger partial charge in [0.15, 0.2) is 0 Å². The fourth-order valence-electron chi connectivity index (χ4n) is 5.71. The molecule has 1 aromatic rings. The summed E-state index contributed by atoms with van der Waals surface area (Å²) in [5.41, 5.74) is 1.39. The number of hydrogen-bond acceptors (Lipinski definition) is 2. The van der Waals surface area contributed by atoms with Gasteiger partial charge in [0.2, 0.25) is 0 Å². The van der Waals surface area contributed by atoms with Gasteiger partial charge < -0.3 is 10.1 Å². The molecular formula is C20H30ClNO. The molecule has 0 spiro atoms. The van der Waals surface area contributed by atoms with Crippen molar-refractivity contribution >= 4 is 12.4 Å². The van der Waals surface area contributed by atoms with Crippen LogP contribution in [-0.2, 0) is 6.42 Å². The topological polar surface area (TPSA) is 21.3 Å². The van der Waals surface area contributed by atoms with E-state index in [1.165, 1.54) is 50.6 Å². The molecule has 3 saturated carbocycles. The Hall–Kier alpha value is -0.730. The fraction of sp³-hybridized carbons (Fsp3) is 0.700. The molecule has 2 nitrogen and oxygen atoms in total. The van der Waals surface area contributed by atoms with Crippen LogP contribution in [0, 0.1) is 23.7 Å². The Kier molecular flexibility index (Phi) is 5.53. The summed E-state index contributed by atoms with van der Waals surface area (Å²) in [6.45, 7) is 1.17. The molecule has 0 amide bonds. The lowest BCUT2D eigenvalue weighted by Crippen LogP contribution is -2.39. The van der Waals surface area contributed by atoms with Crippen molar-refractivity contribution in [3.63, 3.8) is 0 Å². The zero-order chi connectivity index (χ0) is 14.9. The Labute approximate surface area is 146 Å². The molecule has 0 aliphatic heterocycles. The molecule has 3 aliphatic rings. The number of aryl methyl sites for hydroxylation is 1. The van der Waals surface area contributed by atoms with Gasteiger partial charge in [0, 0.05) is 6.04 Å². The van der Waals surface area contributed by atoms with Crippen LogP contribution in [0.5, 0.6) is 5.75 Å². The lowest BCUT2D eigenvalue weighted by molar-refractivity contribution is 0.209. The number of halogens is 1. The fourth-order valence-corrected chi connectivity index (χ4v) is 5.71. The van der Waals surface area contributed by atoms with Crippen LogP contribution in [0.15, 0.2) is 24.3 Å². The summed E-state index contributed by atoms with van der Waals surface area (Å²) < 4.78 is 5.30. The summed E-state index contributed by atoms with van der Waals surface area (Å²) in [6, 6.07) is 9.33. The van der Waals surface area contributed by atoms with Gasteiger partial charge in [-0.3, -0.25) is 0 Å². The minimum Gasteiger partial charge on any atom is -0.497 e. The minimum atomic E-state index is 0. The van der Waals surface area contributed by atoms with Crippen molar-refractivity contribution in [3.8, 4) is 5.75 Å². The normalized spacial score (nSPS) is 34.2. The van der Waals surface area contributed by atoms with Crippen molar-refractivity contribution in [2.45, 2.75) is 51.0 Å². The highest BCUT2D eigenvalue weighted by Crippen LogP contribution is 2.58. The largest absolute Gasteiger partial charge is 0.497 e. The predicted octanol–water partition coefficient (Wildman–Crippen LogP) is 4.46. The van der Waals surface area contributed by atoms with Gasteiger partial charge in [0.1, 0.15) is 5.75 Å². The third-order valence-corrected chi connectivity index (χ3v) is 6.61. The molecule has 0 saturated heterocycles. The van der Waals surface area contributed by atoms with Crippen molar-refractivity contribution in [1.29, 1.82) is 0 Å². The zero-order valence-corrected chi connectivity index (χ0v) is 15.0. The SMILES string of the molecule is COc1cccc(CCCN[C@@H]2C[C@@H]3C[C@H]2[C@@H]2CCC[C@H]32)c1.Cl. The number of hydrogen-bond donors (Lipinski definition) is 1. The first-order valence-electron chi connectivity index (χ1n) is 9.21. The lowest BCUT2D eigenvalue weighted by atomic mass is 9.79. The molecule has 4 rings (SSSR count). The van der Waals surface area contributed by atoms with Crippen LogP contribution < -0.4 is 10.1 Å². The average Bonchev–Trinajstić information content (AvgIpc) is 3.24. The highest BCUT2D eigenvalue weighted by atomic mass is 35.5. The lowest BCUT2D eigenvalue weighted by Gasteiger charge is -2.32. The second kappa shape index (κ2) is 7.44. The first-order valence-corrected chi connectivity index (χ1v) is 9.21. The number of methoxy groups -OCH3 is 1. The Balaban J connectivity index is 0.00000156. The standard InChI is InChI=1S/C20H29NO.ClH/c1-22-16-7-2-5-14(11-16)6-4-10-21-20-13-15-12-19(20)18-9-3-8-17(15)18;/h2,5,7,11,15,17-21H,3-4,6,8-10,12-13H2,1H3;1H/t15-,17+,18+,19-,20+;/m0./s1. The quantitative estimate of drug-likeness (QED) is 0.775. The molecule has 3 heteroatoms. The second-order valence-electron chi connectivity index (χ2n) is 7.67. The Morgan fingerprint density at radius 3 is 2.87 bits per heavy atom. The number of nitrogens with one attached hydrogen (secondary N) is 1. The maximum atomic E-state index is 5.30. The third-order valence-electron chi connectivity index (χ3n) is 6.61. The molecule has 5 atom stereocenters. The smallest absolute Gasteiger partial charge is 0.119 e. The van der Waals surface area contributed by atoms with Crippen molar-refractivity contribution in [2.75, 3.05) is 13.7 Å². The Morgan fingerprint density at radius 1 is 1.13 bits per heavy atom. The van der Waals surface area contributed by atoms with E-state index in [0.29, 0.717) is 0 Å². The molecule has 2 bridgehead atoms. The Bertz CT molecular complexity index is 520. The van der Waals surface area contributed by atoms with Crippen LogP contribution in [0.3, 0.4) is 0 Å². The van der Waals surface area contributed by atoms with Gasteiger partial charge in [-0.1, -0.05) is 18.6 Å². The average molecular weight is 336 g/mol. The highest BCUT2D eigenvalue weighted by molar-refractivity contribution is 5.85. The van der Waals surface area contributed by atoms with E-state index in [1.54, 1.807) is 7.11 Å². The molecule has 23 heavy (non-hydrogen) atoms. The van der Waals surface area contributed by atoms with Crippen molar-refractivity contribution in [2.24, 2.45) is 23.7 Å². The summed E-state index contributed by atoms with van der Waals surface area (Å²) in [5, 5.41) is 3.89. The van der Waals surface area contributed by atoms with Crippen molar-refractivity contribution in [3.05, 3.63) is 29.8 Å². The van der Waals surface area contributed by atoms with Gasteiger partial charge in [-0.15, -0.1) is 12.4 Å². The molecule has 1 N–H and O–H groups in total. The van der Waals surface area contributed by atoms with E-state index < -0.39 is 0 Å². The van der Waals surface area contributed by atoms with E-state index in [9.17, 15) is 0 Å². The molecule has 0 heterocycles. The van der Waals surface area contributed by atoms with E-state index in [-0.39, 0.29) is 12.4 Å². The summed E-state index contributed by atoms with van der Waals surface area (Å²) in [6.07, 6.45) is 9.94. The van der Waals surface area contributed by atoms with Crippen LogP contribution in [0.25, 0.3) is 0 Å². The predicted molar refractivity (Wildman–Crippen MR) is 97.4 cm³/mol. The van der Waals surface area contributed by atoms with Gasteiger partial charge >= 0.3 is 0 Å². The molecule has 3 fully saturated rings. The van der Waals surface area contributed by atoms with Crippen molar-refractivity contribution in [1.82, 2.24) is 5.32 Å². The highest BCUT2D eigenvalue weighted by Gasteiger charge is 2.53. The summed E-state index contributed by atoms with van der Waals surface area (Å²) in [7, 11) is 1.74. The van der Waals surface area contributed by atoms with Gasteiger partial charge in [-0.25, -0.2) is 0 Å². The Morgan fingerprint density at radius 2 is 2.00 bits per heavy atom. The zero-order valence-electron chi connectivity index (χ0n) is 14.2. The van der Waals surface area contributed by atoms with E-state index in [2.05, 4.69) is 23.5 Å². The van der Waals surface area contributed by atoms with Crippen LogP contribution in [0.1, 0.15) is 44.1 Å². The number of rotatable bonds is 6. The first kappa shape index (κ1) is 17.1. The monoisotopic (exact) mass is 335 g/mol. The molecule has 0 aromatic heterocycles. The van der Waals surface area contributed by atoms with Crippen LogP contribution >= 0.6 is 12.4 Å². The maximum absolute atomic E-state index is 5.30. The number of fused-ring (bicyclic) bond motifs is 5. The molecule has 3 aliphatic carbocycles. The molecular weight excluding hydrogens is 306 g/mol. The van der Waals surface area contributed by atoms with E-state index >= 15 is 0 Å². The van der Waals surface area contributed by atoms with E-state index in [1.807, 2.05) is 6.07 Å². The van der Waals surface area contributed by atoms with E-state index in [0.717, 1.165) is 41.9 Å². The van der Waals surface area contributed by atoms with Gasteiger partial charge in [0.25, 0.3) is 0 Å². The van der Waals surface area contributed by atoms with E-state index in [4.69, 9.17) is 4.74 Å². The van der Waals surface area contributed by atoms with Gasteiger partial charge in [0.05, 0.1) is 7.11 Å². The summed E-state index contributed by atoms with van der Waals surface area (Å²) in [4.78, 5) is 0. The summed E-state index contributed by atoms with van der Waals surface area (Å²) >= 11 is 0. The van der Waals surface area contributed by atoms with Crippen LogP contribution in [-0.4, -0.2) is 19.7 Å². The first-order chi connectivity index (χ1) is 10.8. The minimum absolute atomic E-state index is 0. The molecule has 0 radical (unpaired) electrons. The summed E-state index contributed by atoms with van der Waals surface area (Å²) in [5.74, 6) is 5.24. The van der Waals surface area contributed by atoms with Crippen molar-refractivity contribution < 1.29 is 4.74 Å². The van der Waals surface area contributed by atoms with Gasteiger partial charge in [-0.2, -0.15) is 0 Å². The van der Waals surface area contributed by atoms with Crippen LogP contribution in [0.4, 0.5) is 0 Å². The number of ether oxygens (including phenoxy) is 1. The van der Waals surface area contributed by atoms with Crippen LogP contribution in [0.2, 0.25) is 0 Å². The molecule has 128 valence electrons. The second-order valence-corrected chi connectivity index (χ2v) is 7.67. The number of benzene rings is 1.